The lowest BCUT2D eigenvalue weighted by molar-refractivity contribution is -0.117. The fourth-order valence-corrected chi connectivity index (χ4v) is 1.09. The quantitative estimate of drug-likeness (QED) is 0.585. The fourth-order valence-electron chi connectivity index (χ4n) is 1.09. The van der Waals surface area contributed by atoms with Gasteiger partial charge in [-0.25, -0.2) is 0 Å². The molecule has 0 fully saturated rings. The maximum Gasteiger partial charge on any atom is 0.129 e. The molecule has 0 unspecified atom stereocenters. The van der Waals surface area contributed by atoms with Gasteiger partial charge in [-0.05, 0) is 33.0 Å². The number of carbonyl (C=O) groups is 1. The minimum Gasteiger partial charge on any atom is -0.304 e. The molecule has 11 heavy (non-hydrogen) atoms. The zero-order chi connectivity index (χ0) is 8.69. The molecule has 0 saturated carbocycles. The molecule has 0 aliphatic heterocycles. The van der Waals surface area contributed by atoms with Crippen LogP contribution in [-0.2, 0) is 4.79 Å². The third kappa shape index (κ3) is 6.05. The molecule has 0 aromatic heterocycles. The highest BCUT2D eigenvalue weighted by Crippen LogP contribution is 1.95. The maximum absolute atomic E-state index is 10.6. The molecular formula is C9H19NO. The second kappa shape index (κ2) is 6.35. The van der Waals surface area contributed by atoms with Crippen molar-refractivity contribution >= 4 is 5.78 Å². The summed E-state index contributed by atoms with van der Waals surface area (Å²) in [5.41, 5.74) is 0. The summed E-state index contributed by atoms with van der Waals surface area (Å²) >= 11 is 0. The topological polar surface area (TPSA) is 20.3 Å². The molecule has 0 rings (SSSR count). The van der Waals surface area contributed by atoms with Crippen molar-refractivity contribution in [3.05, 3.63) is 0 Å². The van der Waals surface area contributed by atoms with Crippen LogP contribution in [0.4, 0.5) is 0 Å². The molecule has 0 heterocycles. The number of hydrogen-bond donors (Lipinski definition) is 0. The Hall–Kier alpha value is -0.370. The van der Waals surface area contributed by atoms with E-state index in [2.05, 4.69) is 18.7 Å². The molecule has 0 aromatic rings. The lowest BCUT2D eigenvalue weighted by Crippen LogP contribution is -2.24. The first-order chi connectivity index (χ1) is 5.20. The van der Waals surface area contributed by atoms with Crippen molar-refractivity contribution in [2.24, 2.45) is 0 Å². The van der Waals surface area contributed by atoms with Crippen LogP contribution in [0.5, 0.6) is 0 Å². The lowest BCUT2D eigenvalue weighted by atomic mass is 10.2. The van der Waals surface area contributed by atoms with E-state index in [1.807, 2.05) is 0 Å². The molecule has 0 aromatic carbocycles. The maximum atomic E-state index is 10.6. The van der Waals surface area contributed by atoms with Gasteiger partial charge in [-0.2, -0.15) is 0 Å². The number of hydrogen-bond acceptors (Lipinski definition) is 2. The Bertz CT molecular complexity index is 108. The number of ketones is 1. The van der Waals surface area contributed by atoms with Gasteiger partial charge in [0.05, 0.1) is 0 Å². The second-order valence-electron chi connectivity index (χ2n) is 2.83. The third-order valence-electron chi connectivity index (χ3n) is 1.90. The van der Waals surface area contributed by atoms with Crippen LogP contribution in [0, 0.1) is 0 Å². The number of rotatable bonds is 6. The van der Waals surface area contributed by atoms with Crippen LogP contribution in [0.3, 0.4) is 0 Å². The first-order valence-corrected chi connectivity index (χ1v) is 4.42. The molecule has 66 valence electrons. The van der Waals surface area contributed by atoms with Crippen molar-refractivity contribution in [2.45, 2.75) is 33.6 Å². The van der Waals surface area contributed by atoms with Gasteiger partial charge in [0.2, 0.25) is 0 Å². The lowest BCUT2D eigenvalue weighted by Gasteiger charge is -2.16. The average Bonchev–Trinajstić information content (AvgIpc) is 1.98. The molecule has 2 nitrogen and oxygen atoms in total. The van der Waals surface area contributed by atoms with Crippen LogP contribution in [0.25, 0.3) is 0 Å². The van der Waals surface area contributed by atoms with Crippen LogP contribution in [-0.4, -0.2) is 30.3 Å². The van der Waals surface area contributed by atoms with Crippen molar-refractivity contribution in [3.8, 4) is 0 Å². The monoisotopic (exact) mass is 157 g/mol. The smallest absolute Gasteiger partial charge is 0.129 e. The van der Waals surface area contributed by atoms with Crippen LogP contribution < -0.4 is 0 Å². The summed E-state index contributed by atoms with van der Waals surface area (Å²) < 4.78 is 0. The van der Waals surface area contributed by atoms with Crippen molar-refractivity contribution in [2.75, 3.05) is 19.6 Å². The van der Waals surface area contributed by atoms with Gasteiger partial charge in [0, 0.05) is 6.42 Å². The number of Topliss-reactive ketones (excluding diaryl/α,β-unsaturated/α-hetero) is 1. The molecule has 0 N–H and O–H groups in total. The Morgan fingerprint density at radius 2 is 1.82 bits per heavy atom. The van der Waals surface area contributed by atoms with Gasteiger partial charge in [-0.1, -0.05) is 13.8 Å². The first kappa shape index (κ1) is 10.6. The van der Waals surface area contributed by atoms with E-state index in [9.17, 15) is 4.79 Å². The van der Waals surface area contributed by atoms with E-state index in [1.54, 1.807) is 6.92 Å². The van der Waals surface area contributed by atoms with Crippen LogP contribution in [0.15, 0.2) is 0 Å². The van der Waals surface area contributed by atoms with E-state index in [1.165, 1.54) is 0 Å². The van der Waals surface area contributed by atoms with E-state index in [4.69, 9.17) is 0 Å². The average molecular weight is 157 g/mol. The predicted octanol–water partition coefficient (Wildman–Crippen LogP) is 1.70. The normalized spacial score (nSPS) is 10.5. The van der Waals surface area contributed by atoms with E-state index >= 15 is 0 Å². The molecule has 0 atom stereocenters. The standard InChI is InChI=1S/C9H19NO/c1-4-10(5-2)8-6-7-9(3)11/h4-8H2,1-3H3. The second-order valence-corrected chi connectivity index (χ2v) is 2.83. The minimum absolute atomic E-state index is 0.303. The van der Waals surface area contributed by atoms with Gasteiger partial charge < -0.3 is 9.69 Å². The SMILES string of the molecule is CCN(CC)CCCC(C)=O. The fraction of sp³-hybridized carbons (Fsp3) is 0.889. The number of carbonyl (C=O) groups excluding carboxylic acids is 1. The molecular weight excluding hydrogens is 138 g/mol. The summed E-state index contributed by atoms with van der Waals surface area (Å²) in [6.45, 7) is 9.20. The van der Waals surface area contributed by atoms with Crippen molar-refractivity contribution < 1.29 is 4.79 Å². The van der Waals surface area contributed by atoms with E-state index in [-0.39, 0.29) is 0 Å². The van der Waals surface area contributed by atoms with Gasteiger partial charge in [-0.3, -0.25) is 0 Å². The molecule has 0 aliphatic carbocycles. The highest BCUT2D eigenvalue weighted by atomic mass is 16.1. The largest absolute Gasteiger partial charge is 0.304 e. The molecule has 0 spiro atoms. The molecule has 0 aliphatic rings. The third-order valence-corrected chi connectivity index (χ3v) is 1.90. The van der Waals surface area contributed by atoms with Crippen LogP contribution in [0.2, 0.25) is 0 Å². The summed E-state index contributed by atoms with van der Waals surface area (Å²) in [7, 11) is 0. The Morgan fingerprint density at radius 1 is 1.27 bits per heavy atom. The van der Waals surface area contributed by atoms with E-state index in [0.29, 0.717) is 5.78 Å². The van der Waals surface area contributed by atoms with Gasteiger partial charge >= 0.3 is 0 Å². The van der Waals surface area contributed by atoms with Crippen molar-refractivity contribution in [3.63, 3.8) is 0 Å². The number of nitrogens with zero attached hydrogens (tertiary/aromatic N) is 1. The Labute approximate surface area is 69.6 Å². The van der Waals surface area contributed by atoms with Gasteiger partial charge in [0.1, 0.15) is 5.78 Å². The highest BCUT2D eigenvalue weighted by Gasteiger charge is 1.99. The van der Waals surface area contributed by atoms with Crippen LogP contribution in [0.1, 0.15) is 33.6 Å². The first-order valence-electron chi connectivity index (χ1n) is 4.42. The molecule has 2 heteroatoms. The summed E-state index contributed by atoms with van der Waals surface area (Å²) in [4.78, 5) is 12.9. The minimum atomic E-state index is 0.303. The van der Waals surface area contributed by atoms with Crippen LogP contribution >= 0.6 is 0 Å². The van der Waals surface area contributed by atoms with Crippen molar-refractivity contribution in [1.29, 1.82) is 0 Å². The predicted molar refractivity (Wildman–Crippen MR) is 47.7 cm³/mol. The van der Waals surface area contributed by atoms with Crippen molar-refractivity contribution in [1.82, 2.24) is 4.90 Å². The highest BCUT2D eigenvalue weighted by molar-refractivity contribution is 5.75. The Balaban J connectivity index is 3.28. The summed E-state index contributed by atoms with van der Waals surface area (Å²) in [5.74, 6) is 0.303. The molecule has 0 bridgehead atoms. The zero-order valence-corrected chi connectivity index (χ0v) is 7.89. The summed E-state index contributed by atoms with van der Waals surface area (Å²) in [5, 5.41) is 0. The summed E-state index contributed by atoms with van der Waals surface area (Å²) in [6, 6.07) is 0. The Morgan fingerprint density at radius 3 is 2.18 bits per heavy atom. The summed E-state index contributed by atoms with van der Waals surface area (Å²) in [6.07, 6.45) is 1.74. The van der Waals surface area contributed by atoms with Gasteiger partial charge in [-0.15, -0.1) is 0 Å². The van der Waals surface area contributed by atoms with E-state index in [0.717, 1.165) is 32.5 Å². The molecule has 0 radical (unpaired) electrons. The van der Waals surface area contributed by atoms with E-state index < -0.39 is 0 Å². The van der Waals surface area contributed by atoms with Gasteiger partial charge in [0.25, 0.3) is 0 Å². The molecule has 0 amide bonds. The molecule has 0 saturated heterocycles. The Kier molecular flexibility index (Phi) is 6.13. The van der Waals surface area contributed by atoms with Gasteiger partial charge in [0.15, 0.2) is 0 Å². The zero-order valence-electron chi connectivity index (χ0n) is 7.89.